The van der Waals surface area contributed by atoms with Crippen molar-refractivity contribution < 1.29 is 9.53 Å². The minimum atomic E-state index is -0.660. The average Bonchev–Trinajstić information content (AvgIpc) is 2.75. The summed E-state index contributed by atoms with van der Waals surface area (Å²) in [5.74, 6) is 4.65. The zero-order valence-corrected chi connectivity index (χ0v) is 21.3. The minimum Gasteiger partial charge on any atom is -0.386 e. The molecule has 0 aliphatic heterocycles. The Morgan fingerprint density at radius 2 is 1.68 bits per heavy atom. The number of nitrogens with two attached hydrogens (primary N) is 5. The summed E-state index contributed by atoms with van der Waals surface area (Å²) in [6.07, 6.45) is 4.04. The Morgan fingerprint density at radius 1 is 1.03 bits per heavy atom. The standard InChI is InChI=1S/C21H39ClN10O2/c1-20(2,21(3,4)9-12-34-11-5-7-13(23)32-27)8-6-10-28-19(26)31-18(33)14-16(24)30-17(25)15(22)29-14/h5-12,27H2,1-4H3,(H2,23,32)(H4,24,25,30)(H3,26,28,31,33). The zero-order chi connectivity index (χ0) is 25.9. The number of rotatable bonds is 13. The molecule has 0 bridgehead atoms. The summed E-state index contributed by atoms with van der Waals surface area (Å²) >= 11 is 5.80. The van der Waals surface area contributed by atoms with Gasteiger partial charge in [0.05, 0.1) is 0 Å². The van der Waals surface area contributed by atoms with E-state index in [1.54, 1.807) is 0 Å². The number of carbonyl (C=O) groups excluding carboxylic acids is 1. The summed E-state index contributed by atoms with van der Waals surface area (Å²) in [4.78, 5) is 24.1. The molecule has 1 heterocycles. The van der Waals surface area contributed by atoms with E-state index >= 15 is 0 Å². The normalized spacial score (nSPS) is 13.2. The first-order valence-corrected chi connectivity index (χ1v) is 11.5. The maximum Gasteiger partial charge on any atom is 0.280 e. The molecule has 1 amide bonds. The molecule has 0 fully saturated rings. The number of hydrazone groups is 1. The number of hydrogen-bond acceptors (Lipinski definition) is 9. The summed E-state index contributed by atoms with van der Waals surface area (Å²) in [7, 11) is 0. The number of hydrogen-bond donors (Lipinski definition) is 6. The van der Waals surface area contributed by atoms with Crippen molar-refractivity contribution in [3.05, 3.63) is 10.8 Å². The van der Waals surface area contributed by atoms with Gasteiger partial charge < -0.3 is 33.5 Å². The third-order valence-electron chi connectivity index (χ3n) is 6.19. The second kappa shape index (κ2) is 13.1. The van der Waals surface area contributed by atoms with Crippen molar-refractivity contribution in [1.29, 1.82) is 0 Å². The number of guanidine groups is 1. The van der Waals surface area contributed by atoms with Gasteiger partial charge in [0.1, 0.15) is 5.84 Å². The van der Waals surface area contributed by atoms with E-state index < -0.39 is 5.91 Å². The Kier molecular flexibility index (Phi) is 11.3. The quantitative estimate of drug-likeness (QED) is 0.0762. The van der Waals surface area contributed by atoms with Crippen LogP contribution >= 0.6 is 11.6 Å². The molecule has 0 radical (unpaired) electrons. The highest BCUT2D eigenvalue weighted by Crippen LogP contribution is 2.44. The van der Waals surface area contributed by atoms with Gasteiger partial charge in [0, 0.05) is 26.2 Å². The highest BCUT2D eigenvalue weighted by atomic mass is 35.5. The molecular formula is C21H39ClN10O2. The van der Waals surface area contributed by atoms with Crippen LogP contribution in [-0.4, -0.2) is 47.4 Å². The Morgan fingerprint density at radius 3 is 2.32 bits per heavy atom. The van der Waals surface area contributed by atoms with Crippen LogP contribution in [0.1, 0.15) is 70.3 Å². The van der Waals surface area contributed by atoms with Gasteiger partial charge in [-0.3, -0.25) is 15.1 Å². The van der Waals surface area contributed by atoms with Crippen LogP contribution in [0.4, 0.5) is 11.6 Å². The summed E-state index contributed by atoms with van der Waals surface area (Å²) < 4.78 is 5.75. The molecule has 0 spiro atoms. The number of carbonyl (C=O) groups is 1. The Hall–Kier alpha value is -2.86. The van der Waals surface area contributed by atoms with Crippen molar-refractivity contribution in [3.8, 4) is 0 Å². The minimum absolute atomic E-state index is 0.0330. The van der Waals surface area contributed by atoms with Crippen molar-refractivity contribution in [2.24, 2.45) is 38.2 Å². The second-order valence-electron chi connectivity index (χ2n) is 9.31. The summed E-state index contributed by atoms with van der Waals surface area (Å²) in [5, 5.41) is 5.76. The Labute approximate surface area is 206 Å². The smallest absolute Gasteiger partial charge is 0.280 e. The van der Waals surface area contributed by atoms with Crippen molar-refractivity contribution >= 4 is 40.9 Å². The molecule has 1 aromatic rings. The van der Waals surface area contributed by atoms with Gasteiger partial charge in [0.25, 0.3) is 5.91 Å². The fraction of sp³-hybridized carbons (Fsp3) is 0.667. The predicted molar refractivity (Wildman–Crippen MR) is 137 cm³/mol. The lowest BCUT2D eigenvalue weighted by Gasteiger charge is -2.42. The molecule has 1 aromatic heterocycles. The molecule has 12 nitrogen and oxygen atoms in total. The first-order valence-electron chi connectivity index (χ1n) is 11.1. The number of nitrogen functional groups attached to an aromatic ring is 2. The number of amidine groups is 1. The van der Waals surface area contributed by atoms with Crippen LogP contribution in [0.5, 0.6) is 0 Å². The molecule has 0 aliphatic carbocycles. The lowest BCUT2D eigenvalue weighted by Crippen LogP contribution is -2.38. The monoisotopic (exact) mass is 498 g/mol. The molecule has 34 heavy (non-hydrogen) atoms. The summed E-state index contributed by atoms with van der Waals surface area (Å²) in [5.41, 5.74) is 22.5. The topological polar surface area (TPSA) is 219 Å². The van der Waals surface area contributed by atoms with E-state index in [9.17, 15) is 4.79 Å². The maximum atomic E-state index is 12.3. The van der Waals surface area contributed by atoms with E-state index in [2.05, 4.69) is 53.1 Å². The molecule has 192 valence electrons. The van der Waals surface area contributed by atoms with Gasteiger partial charge in [-0.1, -0.05) is 39.3 Å². The molecule has 13 heteroatoms. The highest BCUT2D eigenvalue weighted by molar-refractivity contribution is 6.31. The summed E-state index contributed by atoms with van der Waals surface area (Å²) in [6.45, 7) is 10.7. The Bertz CT molecular complexity index is 887. The SMILES string of the molecule is CC(C)(CCCN=C(N)NC(=O)c1nc(Cl)c(N)nc1N)C(C)(C)CCOCCC/C(N)=N/N. The third kappa shape index (κ3) is 9.18. The molecule has 0 unspecified atom stereocenters. The van der Waals surface area contributed by atoms with Crippen LogP contribution in [0.3, 0.4) is 0 Å². The number of nitrogens with one attached hydrogen (secondary N) is 1. The van der Waals surface area contributed by atoms with Gasteiger partial charge in [0.2, 0.25) is 0 Å². The van der Waals surface area contributed by atoms with E-state index in [0.717, 1.165) is 25.7 Å². The van der Waals surface area contributed by atoms with Crippen LogP contribution in [-0.2, 0) is 4.74 Å². The van der Waals surface area contributed by atoms with E-state index in [-0.39, 0.29) is 39.3 Å². The lowest BCUT2D eigenvalue weighted by atomic mass is 9.64. The van der Waals surface area contributed by atoms with Crippen molar-refractivity contribution in [3.63, 3.8) is 0 Å². The number of nitrogens with zero attached hydrogens (tertiary/aromatic N) is 4. The fourth-order valence-corrected chi connectivity index (χ4v) is 3.20. The third-order valence-corrected chi connectivity index (χ3v) is 6.47. The Balaban J connectivity index is 2.46. The number of aromatic nitrogens is 2. The van der Waals surface area contributed by atoms with Gasteiger partial charge in [-0.15, -0.1) is 0 Å². The van der Waals surface area contributed by atoms with Crippen molar-refractivity contribution in [2.75, 3.05) is 31.2 Å². The summed E-state index contributed by atoms with van der Waals surface area (Å²) in [6, 6.07) is 0. The molecular weight excluding hydrogens is 460 g/mol. The van der Waals surface area contributed by atoms with Crippen LogP contribution in [0.2, 0.25) is 5.15 Å². The highest BCUT2D eigenvalue weighted by Gasteiger charge is 2.35. The molecule has 0 aromatic carbocycles. The molecule has 0 saturated carbocycles. The van der Waals surface area contributed by atoms with Crippen LogP contribution < -0.4 is 34.1 Å². The fourth-order valence-electron chi connectivity index (χ4n) is 3.07. The van der Waals surface area contributed by atoms with Gasteiger partial charge in [0.15, 0.2) is 28.4 Å². The van der Waals surface area contributed by atoms with Gasteiger partial charge in [-0.25, -0.2) is 9.97 Å². The van der Waals surface area contributed by atoms with E-state index in [1.807, 2.05) is 0 Å². The van der Waals surface area contributed by atoms with Gasteiger partial charge >= 0.3 is 0 Å². The predicted octanol–water partition coefficient (Wildman–Crippen LogP) is 1.59. The molecule has 0 atom stereocenters. The molecule has 11 N–H and O–H groups in total. The number of halogens is 1. The van der Waals surface area contributed by atoms with Gasteiger partial charge in [-0.2, -0.15) is 5.10 Å². The largest absolute Gasteiger partial charge is 0.386 e. The lowest BCUT2D eigenvalue weighted by molar-refractivity contribution is 0.0369. The van der Waals surface area contributed by atoms with Crippen LogP contribution in [0.15, 0.2) is 10.1 Å². The average molecular weight is 499 g/mol. The first-order chi connectivity index (χ1) is 15.8. The van der Waals surface area contributed by atoms with Crippen LogP contribution in [0.25, 0.3) is 0 Å². The molecule has 0 saturated heterocycles. The molecule has 0 aliphatic rings. The van der Waals surface area contributed by atoms with Crippen molar-refractivity contribution in [1.82, 2.24) is 15.3 Å². The number of ether oxygens (including phenoxy) is 1. The van der Waals surface area contributed by atoms with Crippen molar-refractivity contribution in [2.45, 2.75) is 59.8 Å². The zero-order valence-electron chi connectivity index (χ0n) is 20.5. The maximum absolute atomic E-state index is 12.3. The van der Waals surface area contributed by atoms with Crippen LogP contribution in [0, 0.1) is 10.8 Å². The molecule has 1 rings (SSSR count). The van der Waals surface area contributed by atoms with E-state index in [0.29, 0.717) is 32.0 Å². The number of anilines is 2. The second-order valence-corrected chi connectivity index (χ2v) is 9.67. The number of aliphatic imine (C=N–C) groups is 1. The van der Waals surface area contributed by atoms with Gasteiger partial charge in [-0.05, 0) is 36.5 Å². The first kappa shape index (κ1) is 29.2. The van der Waals surface area contributed by atoms with E-state index in [4.69, 9.17) is 45.1 Å². The van der Waals surface area contributed by atoms with E-state index in [1.165, 1.54) is 0 Å². The number of amides is 1.